The maximum absolute atomic E-state index is 13.6. The van der Waals surface area contributed by atoms with Gasteiger partial charge in [-0.25, -0.2) is 8.42 Å². The predicted octanol–water partition coefficient (Wildman–Crippen LogP) is 3.97. The van der Waals surface area contributed by atoms with Crippen LogP contribution in [-0.4, -0.2) is 89.7 Å². The van der Waals surface area contributed by atoms with Gasteiger partial charge in [-0.2, -0.15) is 4.31 Å². The van der Waals surface area contributed by atoms with Gasteiger partial charge in [0.05, 0.1) is 5.25 Å². The van der Waals surface area contributed by atoms with Crippen molar-refractivity contribution < 1.29 is 17.9 Å². The molecule has 2 fully saturated rings. The smallest absolute Gasteiger partial charge is 0.270 e. The summed E-state index contributed by atoms with van der Waals surface area (Å²) in [5.74, 6) is 0.794. The third-order valence-corrected chi connectivity index (χ3v) is 9.81. The predicted molar refractivity (Wildman–Crippen MR) is 144 cm³/mol. The number of rotatable bonds is 7. The van der Waals surface area contributed by atoms with E-state index < -0.39 is 15.3 Å². The van der Waals surface area contributed by atoms with Gasteiger partial charge >= 0.3 is 0 Å². The summed E-state index contributed by atoms with van der Waals surface area (Å²) >= 11 is 0. The van der Waals surface area contributed by atoms with E-state index in [1.807, 2.05) is 18.2 Å². The molecule has 0 unspecified atom stereocenters. The fourth-order valence-electron chi connectivity index (χ4n) is 5.32. The van der Waals surface area contributed by atoms with Crippen LogP contribution in [0.25, 0.3) is 10.9 Å². The Balaban J connectivity index is 1.50. The molecule has 0 radical (unpaired) electrons. The molecule has 36 heavy (non-hydrogen) atoms. The highest BCUT2D eigenvalue weighted by molar-refractivity contribution is 7.89. The number of hydrogen-bond donors (Lipinski definition) is 0. The second-order valence-corrected chi connectivity index (χ2v) is 13.4. The van der Waals surface area contributed by atoms with Gasteiger partial charge in [-0.1, -0.05) is 0 Å². The first kappa shape index (κ1) is 26.9. The quantitative estimate of drug-likeness (QED) is 0.555. The monoisotopic (exact) mass is 518 g/mol. The molecule has 0 saturated carbocycles. The average Bonchev–Trinajstić information content (AvgIpc) is 3.23. The molecular weight excluding hydrogens is 476 g/mol. The molecule has 0 aliphatic carbocycles. The highest BCUT2D eigenvalue weighted by Crippen LogP contribution is 2.30. The van der Waals surface area contributed by atoms with Crippen LogP contribution in [0, 0.1) is 0 Å². The van der Waals surface area contributed by atoms with E-state index >= 15 is 0 Å². The molecule has 0 bridgehead atoms. The van der Waals surface area contributed by atoms with Gasteiger partial charge in [0.2, 0.25) is 10.0 Å². The molecule has 0 N–H and O–H groups in total. The molecule has 9 heteroatoms. The van der Waals surface area contributed by atoms with E-state index in [1.54, 1.807) is 18.7 Å². The van der Waals surface area contributed by atoms with Crippen molar-refractivity contribution in [2.75, 3.05) is 39.3 Å². The number of benzene rings is 1. The van der Waals surface area contributed by atoms with Crippen LogP contribution in [0.5, 0.6) is 5.75 Å². The molecule has 2 aromatic rings. The minimum atomic E-state index is -3.31. The number of carbonyl (C=O) groups is 1. The molecule has 0 atom stereocenters. The summed E-state index contributed by atoms with van der Waals surface area (Å²) in [5.41, 5.74) is 1.65. The molecular formula is C27H42N4O4S. The molecule has 2 aliphatic heterocycles. The van der Waals surface area contributed by atoms with E-state index in [1.165, 1.54) is 4.31 Å². The number of ether oxygens (including phenoxy) is 1. The summed E-state index contributed by atoms with van der Waals surface area (Å²) in [7, 11) is -3.31. The molecule has 2 saturated heterocycles. The fourth-order valence-corrected chi connectivity index (χ4v) is 6.59. The Kier molecular flexibility index (Phi) is 8.02. The molecule has 2 aliphatic rings. The van der Waals surface area contributed by atoms with Crippen LogP contribution >= 0.6 is 0 Å². The molecule has 1 aromatic heterocycles. The van der Waals surface area contributed by atoms with Gasteiger partial charge in [-0.15, -0.1) is 0 Å². The first-order chi connectivity index (χ1) is 17.0. The lowest BCUT2D eigenvalue weighted by molar-refractivity contribution is 0.0685. The Labute approximate surface area is 216 Å². The Bertz CT molecular complexity index is 1170. The van der Waals surface area contributed by atoms with Gasteiger partial charge in [-0.05, 0) is 78.6 Å². The molecule has 8 nitrogen and oxygen atoms in total. The highest BCUT2D eigenvalue weighted by atomic mass is 32.2. The Morgan fingerprint density at radius 3 is 2.08 bits per heavy atom. The third kappa shape index (κ3) is 5.43. The van der Waals surface area contributed by atoms with Gasteiger partial charge in [0.25, 0.3) is 5.91 Å². The SMILES string of the molecule is CC(C)N1CCC(Oc2ccc3c(c2)cc(C(=O)N2CCN(S(=O)(=O)C(C)C)CC2)n3C(C)C)CC1. The summed E-state index contributed by atoms with van der Waals surface area (Å²) < 4.78 is 35.0. The minimum Gasteiger partial charge on any atom is -0.490 e. The van der Waals surface area contributed by atoms with Crippen molar-refractivity contribution >= 4 is 26.8 Å². The summed E-state index contributed by atoms with van der Waals surface area (Å²) in [5, 5.41) is 0.535. The molecule has 0 spiro atoms. The average molecular weight is 519 g/mol. The number of hydrogen-bond acceptors (Lipinski definition) is 5. The molecule has 3 heterocycles. The number of nitrogens with zero attached hydrogens (tertiary/aromatic N) is 4. The largest absolute Gasteiger partial charge is 0.490 e. The van der Waals surface area contributed by atoms with Gasteiger partial charge in [-0.3, -0.25) is 4.79 Å². The van der Waals surface area contributed by atoms with E-state index in [0.29, 0.717) is 37.9 Å². The number of carbonyl (C=O) groups excluding carboxylic acids is 1. The first-order valence-electron chi connectivity index (χ1n) is 13.3. The van der Waals surface area contributed by atoms with Gasteiger partial charge in [0, 0.05) is 62.3 Å². The van der Waals surface area contributed by atoms with Crippen molar-refractivity contribution in [1.29, 1.82) is 0 Å². The first-order valence-corrected chi connectivity index (χ1v) is 14.8. The van der Waals surface area contributed by atoms with Crippen molar-refractivity contribution in [3.8, 4) is 5.75 Å². The second-order valence-electron chi connectivity index (χ2n) is 10.9. The summed E-state index contributed by atoms with van der Waals surface area (Å²) in [6.45, 7) is 15.6. The normalized spacial score (nSPS) is 19.2. The van der Waals surface area contributed by atoms with Crippen molar-refractivity contribution in [3.63, 3.8) is 0 Å². The lowest BCUT2D eigenvalue weighted by Gasteiger charge is -2.35. The van der Waals surface area contributed by atoms with Crippen LogP contribution < -0.4 is 4.74 Å². The van der Waals surface area contributed by atoms with Crippen molar-refractivity contribution in [2.24, 2.45) is 0 Å². The topological polar surface area (TPSA) is 75.1 Å². The number of fused-ring (bicyclic) bond motifs is 1. The van der Waals surface area contributed by atoms with Gasteiger partial charge < -0.3 is 19.1 Å². The number of piperazine rings is 1. The highest BCUT2D eigenvalue weighted by Gasteiger charge is 2.32. The van der Waals surface area contributed by atoms with Crippen LogP contribution in [0.4, 0.5) is 0 Å². The number of sulfonamides is 1. The summed E-state index contributed by atoms with van der Waals surface area (Å²) in [6.07, 6.45) is 2.25. The minimum absolute atomic E-state index is 0.0509. The van der Waals surface area contributed by atoms with E-state index in [9.17, 15) is 13.2 Å². The zero-order valence-corrected chi connectivity index (χ0v) is 23.4. The Hall–Kier alpha value is -2.10. The molecule has 1 amide bonds. The lowest BCUT2D eigenvalue weighted by atomic mass is 10.1. The number of piperidine rings is 1. The maximum Gasteiger partial charge on any atom is 0.270 e. The van der Waals surface area contributed by atoms with Crippen LogP contribution in [0.1, 0.15) is 70.9 Å². The van der Waals surface area contributed by atoms with Crippen molar-refractivity contribution in [3.05, 3.63) is 30.0 Å². The maximum atomic E-state index is 13.6. The van der Waals surface area contributed by atoms with Crippen LogP contribution in [0.3, 0.4) is 0 Å². The van der Waals surface area contributed by atoms with E-state index in [-0.39, 0.29) is 18.1 Å². The summed E-state index contributed by atoms with van der Waals surface area (Å²) in [4.78, 5) is 17.8. The second kappa shape index (κ2) is 10.7. The van der Waals surface area contributed by atoms with E-state index in [0.717, 1.165) is 42.6 Å². The van der Waals surface area contributed by atoms with Crippen LogP contribution in [0.2, 0.25) is 0 Å². The van der Waals surface area contributed by atoms with E-state index in [4.69, 9.17) is 4.74 Å². The fraction of sp³-hybridized carbons (Fsp3) is 0.667. The van der Waals surface area contributed by atoms with Gasteiger partial charge in [0.1, 0.15) is 17.5 Å². The summed E-state index contributed by atoms with van der Waals surface area (Å²) in [6, 6.07) is 8.75. The van der Waals surface area contributed by atoms with E-state index in [2.05, 4.69) is 43.2 Å². The third-order valence-electron chi connectivity index (χ3n) is 7.54. The zero-order valence-electron chi connectivity index (χ0n) is 22.6. The zero-order chi connectivity index (χ0) is 26.2. The van der Waals surface area contributed by atoms with Crippen molar-refractivity contribution in [2.45, 2.75) is 77.8 Å². The van der Waals surface area contributed by atoms with Gasteiger partial charge in [0.15, 0.2) is 0 Å². The van der Waals surface area contributed by atoms with Crippen molar-refractivity contribution in [1.82, 2.24) is 18.7 Å². The number of amides is 1. The van der Waals surface area contributed by atoms with Crippen LogP contribution in [0.15, 0.2) is 24.3 Å². The number of aromatic nitrogens is 1. The molecule has 200 valence electrons. The molecule has 1 aromatic carbocycles. The number of likely N-dealkylation sites (tertiary alicyclic amines) is 1. The molecule has 4 rings (SSSR count). The lowest BCUT2D eigenvalue weighted by Crippen LogP contribution is -2.52. The standard InChI is InChI=1S/C27H42N4O4S/c1-19(2)28-11-9-23(10-12-28)35-24-7-8-25-22(17-24)18-26(31(25)20(3)4)27(32)29-13-15-30(16-14-29)36(33,34)21(5)6/h7-8,17-21,23H,9-16H2,1-6H3. The Morgan fingerprint density at radius 2 is 1.53 bits per heavy atom. The Morgan fingerprint density at radius 1 is 0.889 bits per heavy atom. The van der Waals surface area contributed by atoms with Crippen LogP contribution in [-0.2, 0) is 10.0 Å².